The Labute approximate surface area is 385 Å². The van der Waals surface area contributed by atoms with E-state index in [-0.39, 0.29) is 66.7 Å². The molecule has 1 fully saturated rings. The lowest BCUT2D eigenvalue weighted by Crippen LogP contribution is -2.52. The standard InChI is InChI=1S/C51H62N4O7S2/c1-31(2)44-29-64-63-28-42-41-27-40-34-17-20-38(57)26-37(56)19-16-33-18-21-45(58)47(60-3)39(33)14-7-12-35(25-34)46(48(40)62-49(41)59)61-30-53-51(23-9-15-43(42)54-50(52)55-44)22-8-13-36(51)24-32-10-5-4-6-11-32/h4-6,10-11,18,21,25,31,36,38,41-44,49,53,57-59H,8,12-13,16-17,19-20,22-24,26-30H2,1-3H3,(H3,52,54,55)/t36-,38+,41+,42-,43+,44-,49+,51-/m0/s1. The molecule has 0 radical (unpaired) electrons. The number of hydrogen-bond donors (Lipinski definition) is 6. The summed E-state index contributed by atoms with van der Waals surface area (Å²) in [5.74, 6) is 16.9. The summed E-state index contributed by atoms with van der Waals surface area (Å²) in [6, 6.07) is 15.7. The summed E-state index contributed by atoms with van der Waals surface area (Å²) in [7, 11) is 5.04. The maximum Gasteiger partial charge on any atom is 0.201 e. The molecule has 64 heavy (non-hydrogen) atoms. The molecule has 0 saturated heterocycles. The quantitative estimate of drug-likeness (QED) is 0.125. The molecule has 0 amide bonds. The zero-order chi connectivity index (χ0) is 44.8. The molecule has 0 unspecified atom stereocenters. The van der Waals surface area contributed by atoms with E-state index in [2.05, 4.69) is 84.6 Å². The number of hydrogen-bond acceptors (Lipinski definition) is 13. The highest BCUT2D eigenvalue weighted by molar-refractivity contribution is 8.76. The number of nitrogens with one attached hydrogen (secondary N) is 2. The first kappa shape index (κ1) is 46.0. The molecule has 6 bridgehead atoms. The topological polar surface area (TPSA) is 168 Å². The number of aliphatic hydroxyl groups excluding tert-OH is 2. The van der Waals surface area contributed by atoms with E-state index in [0.717, 1.165) is 53.7 Å². The van der Waals surface area contributed by atoms with E-state index in [1.54, 1.807) is 33.7 Å². The Morgan fingerprint density at radius 1 is 0.984 bits per heavy atom. The first-order valence-corrected chi connectivity index (χ1v) is 25.3. The molecular formula is C51H62N4O7S2. The van der Waals surface area contributed by atoms with Gasteiger partial charge in [0.1, 0.15) is 12.5 Å². The molecule has 1 saturated carbocycles. The van der Waals surface area contributed by atoms with E-state index in [4.69, 9.17) is 24.9 Å². The van der Waals surface area contributed by atoms with Crippen molar-refractivity contribution in [2.75, 3.05) is 25.3 Å². The fourth-order valence-corrected chi connectivity index (χ4v) is 13.0. The van der Waals surface area contributed by atoms with Crippen LogP contribution >= 0.6 is 21.6 Å². The summed E-state index contributed by atoms with van der Waals surface area (Å²) in [4.78, 5) is 18.2. The second kappa shape index (κ2) is 20.8. The van der Waals surface area contributed by atoms with E-state index >= 15 is 0 Å². The van der Waals surface area contributed by atoms with E-state index in [0.29, 0.717) is 72.7 Å². The Morgan fingerprint density at radius 3 is 2.62 bits per heavy atom. The largest absolute Gasteiger partial charge is 0.504 e. The number of aliphatic hydroxyl groups is 2. The number of ether oxygens (including phenoxy) is 3. The number of phenolic OH excluding ortho intramolecular Hbond substituents is 1. The van der Waals surface area contributed by atoms with Gasteiger partial charge >= 0.3 is 0 Å². The van der Waals surface area contributed by atoms with Crippen molar-refractivity contribution in [2.45, 2.75) is 121 Å². The molecule has 0 aromatic heterocycles. The van der Waals surface area contributed by atoms with Crippen LogP contribution in [0.1, 0.15) is 92.2 Å². The Kier molecular flexibility index (Phi) is 14.9. The van der Waals surface area contributed by atoms with E-state index in [1.165, 1.54) is 12.7 Å². The van der Waals surface area contributed by atoms with Gasteiger partial charge in [0.2, 0.25) is 6.29 Å². The van der Waals surface area contributed by atoms with Gasteiger partial charge in [0.25, 0.3) is 0 Å². The van der Waals surface area contributed by atoms with Gasteiger partial charge in [0.05, 0.1) is 30.9 Å². The van der Waals surface area contributed by atoms with Gasteiger partial charge in [-0.15, -0.1) is 0 Å². The van der Waals surface area contributed by atoms with Crippen molar-refractivity contribution < 1.29 is 34.3 Å². The highest BCUT2D eigenvalue weighted by atomic mass is 33.1. The van der Waals surface area contributed by atoms with Crippen LogP contribution in [0.5, 0.6) is 23.0 Å². The van der Waals surface area contributed by atoms with Gasteiger partial charge in [-0.1, -0.05) is 108 Å². The van der Waals surface area contributed by atoms with Crippen molar-refractivity contribution in [2.24, 2.45) is 34.4 Å². The molecule has 9 rings (SSSR count). The lowest BCUT2D eigenvalue weighted by molar-refractivity contribution is -0.121. The Hall–Kier alpha value is -4.50. The number of guanidine groups is 1. The minimum atomic E-state index is -1.20. The molecule has 340 valence electrons. The molecule has 7 N–H and O–H groups in total. The van der Waals surface area contributed by atoms with Gasteiger partial charge in [-0.25, -0.2) is 4.99 Å². The van der Waals surface area contributed by atoms with Crippen molar-refractivity contribution in [3.63, 3.8) is 0 Å². The first-order chi connectivity index (χ1) is 31.0. The predicted octanol–water partition coefficient (Wildman–Crippen LogP) is 6.49. The number of aromatic hydroxyl groups is 1. The number of aliphatic imine (C=N–C) groups is 1. The van der Waals surface area contributed by atoms with Crippen LogP contribution in [-0.4, -0.2) is 82.4 Å². The van der Waals surface area contributed by atoms with Crippen molar-refractivity contribution in [3.8, 4) is 46.7 Å². The number of fused-ring (bicyclic) bond motifs is 7. The fraction of sp³-hybridized carbons (Fsp3) is 0.529. The third kappa shape index (κ3) is 10.5. The molecule has 13 heteroatoms. The summed E-state index contributed by atoms with van der Waals surface area (Å²) < 4.78 is 19.2. The fourth-order valence-electron chi connectivity index (χ4n) is 10.2. The number of aryl methyl sites for hydroxylation is 2. The highest BCUT2D eigenvalue weighted by Crippen LogP contribution is 2.47. The number of ketones is 1. The number of nitrogens with two attached hydrogens (primary N) is 1. The van der Waals surface area contributed by atoms with Crippen LogP contribution in [0.4, 0.5) is 0 Å². The second-order valence-corrected chi connectivity index (χ2v) is 20.9. The lowest BCUT2D eigenvalue weighted by Gasteiger charge is -2.40. The van der Waals surface area contributed by atoms with Crippen LogP contribution in [0, 0.1) is 47.4 Å². The van der Waals surface area contributed by atoms with E-state index < -0.39 is 18.4 Å². The number of rotatable bonds is 4. The molecule has 3 aromatic rings. The minimum absolute atomic E-state index is 0.0205. The second-order valence-electron chi connectivity index (χ2n) is 18.4. The number of carbonyl (C=O) groups is 1. The molecular weight excluding hydrogens is 845 g/mol. The summed E-state index contributed by atoms with van der Waals surface area (Å²) >= 11 is 0. The van der Waals surface area contributed by atoms with Gasteiger partial charge < -0.3 is 40.6 Å². The number of benzene rings is 3. The highest BCUT2D eigenvalue weighted by Gasteiger charge is 2.44. The molecule has 4 heterocycles. The van der Waals surface area contributed by atoms with Crippen LogP contribution in [0.2, 0.25) is 0 Å². The molecule has 2 aliphatic carbocycles. The third-order valence-corrected chi connectivity index (χ3v) is 16.4. The SMILES string of the molecule is COc1c(O)ccc2c1C#CCc1cc(c3c4c1OCN[C@]1(CC#C[C@H]5NC(N)=N[C@H](C(C)C)CSSC[C@H]5[C@@H](C3)[C@H](O)O4)CCC[C@H]1Cc1ccccc1)CC[C@@H](O)CC(=O)CC2. The van der Waals surface area contributed by atoms with Crippen molar-refractivity contribution >= 4 is 33.3 Å². The summed E-state index contributed by atoms with van der Waals surface area (Å²) in [6.07, 6.45) is 4.68. The van der Waals surface area contributed by atoms with Gasteiger partial charge in [0.15, 0.2) is 29.0 Å². The van der Waals surface area contributed by atoms with E-state index in [1.807, 2.05) is 0 Å². The zero-order valence-electron chi connectivity index (χ0n) is 37.2. The summed E-state index contributed by atoms with van der Waals surface area (Å²) in [5, 5.41) is 41.7. The predicted molar refractivity (Wildman–Crippen MR) is 255 cm³/mol. The number of Topliss-reactive ketones (excluding diaryl/α,β-unsaturated/α-hetero) is 1. The van der Waals surface area contributed by atoms with Gasteiger partial charge in [-0.2, -0.15) is 0 Å². The summed E-state index contributed by atoms with van der Waals surface area (Å²) in [5.41, 5.74) is 11.6. The molecule has 4 aliphatic heterocycles. The zero-order valence-corrected chi connectivity index (χ0v) is 38.8. The molecule has 6 aliphatic rings. The molecule has 1 spiro atoms. The monoisotopic (exact) mass is 906 g/mol. The Morgan fingerprint density at radius 2 is 1.81 bits per heavy atom. The molecule has 11 nitrogen and oxygen atoms in total. The van der Waals surface area contributed by atoms with Crippen molar-refractivity contribution in [1.82, 2.24) is 10.6 Å². The van der Waals surface area contributed by atoms with Crippen LogP contribution in [0.3, 0.4) is 0 Å². The maximum atomic E-state index is 13.3. The molecule has 3 aromatic carbocycles. The number of methoxy groups -OCH3 is 1. The first-order valence-electron chi connectivity index (χ1n) is 22.9. The minimum Gasteiger partial charge on any atom is -0.504 e. The maximum absolute atomic E-state index is 13.3. The van der Waals surface area contributed by atoms with Crippen molar-refractivity contribution in [1.29, 1.82) is 0 Å². The van der Waals surface area contributed by atoms with E-state index in [9.17, 15) is 20.1 Å². The number of nitrogens with zero attached hydrogens (tertiary/aromatic N) is 1. The normalized spacial score (nSPS) is 28.7. The van der Waals surface area contributed by atoms with Crippen LogP contribution in [0.25, 0.3) is 0 Å². The lowest BCUT2D eigenvalue weighted by atomic mass is 9.78. The number of carbonyl (C=O) groups excluding carboxylic acids is 1. The summed E-state index contributed by atoms with van der Waals surface area (Å²) in [6.45, 7) is 4.50. The Bertz CT molecular complexity index is 2320. The van der Waals surface area contributed by atoms with Gasteiger partial charge in [0, 0.05) is 65.7 Å². The Balaban J connectivity index is 1.26. The average Bonchev–Trinajstić information content (AvgIpc) is 3.66. The number of phenols is 1. The van der Waals surface area contributed by atoms with Crippen LogP contribution in [0.15, 0.2) is 53.5 Å². The van der Waals surface area contributed by atoms with Crippen LogP contribution < -0.4 is 30.6 Å². The van der Waals surface area contributed by atoms with Crippen LogP contribution in [-0.2, 0) is 36.9 Å². The third-order valence-electron chi connectivity index (χ3n) is 13.9. The van der Waals surface area contributed by atoms with Gasteiger partial charge in [-0.05, 0) is 79.5 Å². The van der Waals surface area contributed by atoms with Gasteiger partial charge in [-0.3, -0.25) is 10.1 Å². The average molecular weight is 907 g/mol. The molecule has 8 atom stereocenters. The smallest absolute Gasteiger partial charge is 0.201 e. The van der Waals surface area contributed by atoms with Crippen molar-refractivity contribution in [3.05, 3.63) is 81.9 Å².